The molecule has 2 rings (SSSR count). The van der Waals surface area contributed by atoms with Crippen LogP contribution in [0.1, 0.15) is 38.4 Å². The molecule has 116 valence electrons. The van der Waals surface area contributed by atoms with Crippen LogP contribution in [0.25, 0.3) is 11.0 Å². The third-order valence-corrected chi connectivity index (χ3v) is 4.37. The van der Waals surface area contributed by atoms with Gasteiger partial charge in [-0.2, -0.15) is 0 Å². The Labute approximate surface area is 136 Å². The zero-order chi connectivity index (χ0) is 15.4. The number of rotatable bonds is 7. The van der Waals surface area contributed by atoms with E-state index < -0.39 is 0 Å². The van der Waals surface area contributed by atoms with E-state index in [1.54, 1.807) is 0 Å². The molecule has 0 aliphatic heterocycles. The fourth-order valence-corrected chi connectivity index (χ4v) is 3.04. The van der Waals surface area contributed by atoms with Crippen LogP contribution in [-0.4, -0.2) is 34.1 Å². The number of para-hydroxylation sites is 1. The van der Waals surface area contributed by atoms with Crippen LogP contribution < -0.4 is 0 Å². The van der Waals surface area contributed by atoms with Gasteiger partial charge in [0, 0.05) is 6.54 Å². The molecule has 1 unspecified atom stereocenters. The maximum Gasteiger partial charge on any atom is 0.127 e. The summed E-state index contributed by atoms with van der Waals surface area (Å²) in [5, 5.41) is 0.565. The van der Waals surface area contributed by atoms with Gasteiger partial charge in [-0.05, 0) is 45.1 Å². The first-order valence-corrected chi connectivity index (χ1v) is 8.41. The van der Waals surface area contributed by atoms with Crippen molar-refractivity contribution in [1.82, 2.24) is 14.5 Å². The van der Waals surface area contributed by atoms with E-state index in [0.29, 0.717) is 5.02 Å². The number of imidazole rings is 1. The summed E-state index contributed by atoms with van der Waals surface area (Å²) in [5.41, 5.74) is 1.93. The van der Waals surface area contributed by atoms with Crippen LogP contribution in [0.2, 0.25) is 5.02 Å². The van der Waals surface area contributed by atoms with Gasteiger partial charge in [0.1, 0.15) is 11.3 Å². The van der Waals surface area contributed by atoms with Crippen molar-refractivity contribution in [3.63, 3.8) is 0 Å². The van der Waals surface area contributed by atoms with Crippen molar-refractivity contribution in [1.29, 1.82) is 0 Å². The molecule has 0 bridgehead atoms. The molecule has 1 aromatic carbocycles. The minimum atomic E-state index is -0.123. The van der Waals surface area contributed by atoms with Crippen LogP contribution in [0.4, 0.5) is 0 Å². The summed E-state index contributed by atoms with van der Waals surface area (Å²) in [4.78, 5) is 7.06. The number of halogens is 2. The van der Waals surface area contributed by atoms with Crippen molar-refractivity contribution in [2.24, 2.45) is 0 Å². The fraction of sp³-hybridized carbons (Fsp3) is 0.562. The first kappa shape index (κ1) is 16.6. The molecule has 0 radical (unpaired) electrons. The number of fused-ring (bicyclic) bond motifs is 1. The van der Waals surface area contributed by atoms with Crippen molar-refractivity contribution >= 4 is 34.2 Å². The zero-order valence-corrected chi connectivity index (χ0v) is 14.5. The molecule has 0 amide bonds. The Morgan fingerprint density at radius 3 is 2.62 bits per heavy atom. The summed E-state index contributed by atoms with van der Waals surface area (Å²) in [7, 11) is 0. The highest BCUT2D eigenvalue weighted by atomic mass is 35.5. The molecule has 5 heteroatoms. The maximum absolute atomic E-state index is 6.29. The van der Waals surface area contributed by atoms with E-state index in [4.69, 9.17) is 23.2 Å². The molecule has 1 aromatic heterocycles. The molecule has 2 aromatic rings. The van der Waals surface area contributed by atoms with E-state index in [1.807, 2.05) is 19.1 Å². The van der Waals surface area contributed by atoms with E-state index in [2.05, 4.69) is 34.4 Å². The Hall–Kier alpha value is -0.770. The minimum Gasteiger partial charge on any atom is -0.327 e. The lowest BCUT2D eigenvalue weighted by molar-refractivity contribution is 0.293. The first-order valence-electron chi connectivity index (χ1n) is 7.59. The predicted octanol–water partition coefficient (Wildman–Crippen LogP) is 4.72. The first-order chi connectivity index (χ1) is 10.1. The minimum absolute atomic E-state index is 0.123. The molecule has 0 saturated carbocycles. The topological polar surface area (TPSA) is 21.1 Å². The van der Waals surface area contributed by atoms with Gasteiger partial charge in [-0.25, -0.2) is 4.98 Å². The second-order valence-corrected chi connectivity index (χ2v) is 6.29. The fourth-order valence-electron chi connectivity index (χ4n) is 2.66. The van der Waals surface area contributed by atoms with Crippen molar-refractivity contribution in [3.8, 4) is 0 Å². The molecule has 21 heavy (non-hydrogen) atoms. The molecule has 0 N–H and O–H groups in total. The van der Waals surface area contributed by atoms with E-state index in [-0.39, 0.29) is 5.38 Å². The Kier molecular flexibility index (Phi) is 5.91. The lowest BCUT2D eigenvalue weighted by Crippen LogP contribution is -2.25. The second kappa shape index (κ2) is 7.48. The number of alkyl halides is 1. The van der Waals surface area contributed by atoms with Gasteiger partial charge in [0.2, 0.25) is 0 Å². The summed E-state index contributed by atoms with van der Waals surface area (Å²) < 4.78 is 2.21. The predicted molar refractivity (Wildman–Crippen MR) is 91.4 cm³/mol. The lowest BCUT2D eigenvalue weighted by Gasteiger charge is -2.18. The van der Waals surface area contributed by atoms with Gasteiger partial charge in [0.05, 0.1) is 15.9 Å². The van der Waals surface area contributed by atoms with Crippen LogP contribution >= 0.6 is 23.2 Å². The summed E-state index contributed by atoms with van der Waals surface area (Å²) in [5.74, 6) is 0.902. The summed E-state index contributed by atoms with van der Waals surface area (Å²) in [6.45, 7) is 10.5. The number of nitrogens with zero attached hydrogens (tertiary/aromatic N) is 3. The van der Waals surface area contributed by atoms with E-state index in [1.165, 1.54) is 0 Å². The molecular formula is C16H23Cl2N3. The third-order valence-electron chi connectivity index (χ3n) is 3.87. The smallest absolute Gasteiger partial charge is 0.127 e. The van der Waals surface area contributed by atoms with Gasteiger partial charge in [0.25, 0.3) is 0 Å². The second-order valence-electron chi connectivity index (χ2n) is 5.23. The van der Waals surface area contributed by atoms with Crippen LogP contribution in [-0.2, 0) is 6.54 Å². The number of aryl methyl sites for hydroxylation is 1. The Balaban J connectivity index is 2.25. The molecule has 1 atom stereocenters. The number of hydrogen-bond donors (Lipinski definition) is 0. The summed E-state index contributed by atoms with van der Waals surface area (Å²) >= 11 is 12.5. The number of benzene rings is 1. The van der Waals surface area contributed by atoms with Crippen LogP contribution in [0.3, 0.4) is 0 Å². The monoisotopic (exact) mass is 327 g/mol. The van der Waals surface area contributed by atoms with Crippen molar-refractivity contribution in [2.75, 3.05) is 19.6 Å². The highest BCUT2D eigenvalue weighted by Crippen LogP contribution is 2.28. The van der Waals surface area contributed by atoms with Gasteiger partial charge in [-0.15, -0.1) is 11.6 Å². The molecule has 0 saturated heterocycles. The Morgan fingerprint density at radius 2 is 2.00 bits per heavy atom. The average Bonchev–Trinajstić information content (AvgIpc) is 2.84. The van der Waals surface area contributed by atoms with Gasteiger partial charge in [-0.3, -0.25) is 0 Å². The standard InChI is InChI=1S/C16H23Cl2N3/c1-4-20(5-2)10-7-11-21-14-9-6-8-13(18)15(14)19-16(21)12(3)17/h6,8-9,12H,4-5,7,10-11H2,1-3H3. The quantitative estimate of drug-likeness (QED) is 0.686. The summed E-state index contributed by atoms with van der Waals surface area (Å²) in [6.07, 6.45) is 1.08. The van der Waals surface area contributed by atoms with Crippen molar-refractivity contribution in [2.45, 2.75) is 39.1 Å². The summed E-state index contributed by atoms with van der Waals surface area (Å²) in [6, 6.07) is 5.91. The third kappa shape index (κ3) is 3.71. The Bertz CT molecular complexity index is 588. The van der Waals surface area contributed by atoms with Crippen LogP contribution in [0, 0.1) is 0 Å². The van der Waals surface area contributed by atoms with E-state index in [0.717, 1.165) is 49.5 Å². The largest absolute Gasteiger partial charge is 0.327 e. The van der Waals surface area contributed by atoms with Gasteiger partial charge < -0.3 is 9.47 Å². The molecule has 0 spiro atoms. The molecule has 0 aliphatic carbocycles. The van der Waals surface area contributed by atoms with Gasteiger partial charge in [-0.1, -0.05) is 31.5 Å². The highest BCUT2D eigenvalue weighted by molar-refractivity contribution is 6.35. The Morgan fingerprint density at radius 1 is 1.29 bits per heavy atom. The van der Waals surface area contributed by atoms with Crippen molar-refractivity contribution < 1.29 is 0 Å². The van der Waals surface area contributed by atoms with Crippen LogP contribution in [0.15, 0.2) is 18.2 Å². The zero-order valence-electron chi connectivity index (χ0n) is 12.9. The lowest BCUT2D eigenvalue weighted by atomic mass is 10.3. The molecule has 0 aliphatic rings. The average molecular weight is 328 g/mol. The molecule has 0 fully saturated rings. The molecule has 1 heterocycles. The SMILES string of the molecule is CCN(CC)CCCn1c(C(C)Cl)nc2c(Cl)cccc21. The number of hydrogen-bond acceptors (Lipinski definition) is 2. The highest BCUT2D eigenvalue weighted by Gasteiger charge is 2.16. The van der Waals surface area contributed by atoms with Crippen molar-refractivity contribution in [3.05, 3.63) is 29.0 Å². The number of aromatic nitrogens is 2. The van der Waals surface area contributed by atoms with Crippen LogP contribution in [0.5, 0.6) is 0 Å². The molecule has 3 nitrogen and oxygen atoms in total. The van der Waals surface area contributed by atoms with Gasteiger partial charge >= 0.3 is 0 Å². The normalized spacial score (nSPS) is 13.2. The maximum atomic E-state index is 6.29. The van der Waals surface area contributed by atoms with Gasteiger partial charge in [0.15, 0.2) is 0 Å². The van der Waals surface area contributed by atoms with E-state index in [9.17, 15) is 0 Å². The molecular weight excluding hydrogens is 305 g/mol. The van der Waals surface area contributed by atoms with E-state index >= 15 is 0 Å².